The van der Waals surface area contributed by atoms with Crippen molar-refractivity contribution in [2.45, 2.75) is 6.54 Å². The third kappa shape index (κ3) is 2.34. The first kappa shape index (κ1) is 10.6. The summed E-state index contributed by atoms with van der Waals surface area (Å²) in [6.07, 6.45) is 0. The molecular formula is C14H14NO. The summed E-state index contributed by atoms with van der Waals surface area (Å²) in [7, 11) is 0. The Morgan fingerprint density at radius 3 is 2.44 bits per heavy atom. The minimum Gasteiger partial charge on any atom is -0.508 e. The van der Waals surface area contributed by atoms with E-state index in [0.29, 0.717) is 12.3 Å². The normalized spacial score (nSPS) is 10.1. The molecule has 2 nitrogen and oxygen atoms in total. The fraction of sp³-hybridized carbons (Fsp3) is 0.0714. The number of phenols is 1. The minimum absolute atomic E-state index is 0.316. The van der Waals surface area contributed by atoms with Gasteiger partial charge in [0, 0.05) is 17.8 Å². The molecule has 0 saturated carbocycles. The van der Waals surface area contributed by atoms with E-state index in [-0.39, 0.29) is 0 Å². The van der Waals surface area contributed by atoms with Gasteiger partial charge < -0.3 is 10.4 Å². The van der Waals surface area contributed by atoms with Crippen molar-refractivity contribution in [2.75, 3.05) is 5.32 Å². The first-order valence-electron chi connectivity index (χ1n) is 5.19. The van der Waals surface area contributed by atoms with Crippen LogP contribution in [0.3, 0.4) is 0 Å². The molecule has 0 spiro atoms. The molecule has 2 aromatic carbocycles. The average Bonchev–Trinajstić information content (AvgIpc) is 2.30. The molecule has 0 aromatic heterocycles. The third-order valence-corrected chi connectivity index (χ3v) is 2.48. The lowest BCUT2D eigenvalue weighted by Crippen LogP contribution is -2.00. The monoisotopic (exact) mass is 212 g/mol. The molecule has 0 unspecified atom stereocenters. The Hall–Kier alpha value is -1.96. The maximum Gasteiger partial charge on any atom is 0.120 e. The molecule has 1 radical (unpaired) electrons. The highest BCUT2D eigenvalue weighted by molar-refractivity contribution is 5.53. The summed E-state index contributed by atoms with van der Waals surface area (Å²) in [6.45, 7) is 4.53. The summed E-state index contributed by atoms with van der Waals surface area (Å²) in [5.41, 5.74) is 2.83. The Morgan fingerprint density at radius 1 is 1.00 bits per heavy atom. The molecule has 2 N–H and O–H groups in total. The van der Waals surface area contributed by atoms with Crippen molar-refractivity contribution in [3.8, 4) is 5.75 Å². The average molecular weight is 212 g/mol. The Kier molecular flexibility index (Phi) is 3.10. The molecule has 16 heavy (non-hydrogen) atoms. The predicted octanol–water partition coefficient (Wildman–Crippen LogP) is 3.19. The molecule has 2 heteroatoms. The highest BCUT2D eigenvalue weighted by atomic mass is 16.3. The second-order valence-corrected chi connectivity index (χ2v) is 3.64. The lowest BCUT2D eigenvalue weighted by Gasteiger charge is -2.10. The van der Waals surface area contributed by atoms with Crippen LogP contribution in [0.1, 0.15) is 11.1 Å². The molecule has 81 valence electrons. The van der Waals surface area contributed by atoms with Crippen molar-refractivity contribution < 1.29 is 5.11 Å². The van der Waals surface area contributed by atoms with Gasteiger partial charge in [-0.1, -0.05) is 36.4 Å². The largest absolute Gasteiger partial charge is 0.508 e. The lowest BCUT2D eigenvalue weighted by molar-refractivity contribution is 0.469. The number of aromatic hydroxyl groups is 1. The molecule has 0 bridgehead atoms. The molecule has 0 aliphatic heterocycles. The van der Waals surface area contributed by atoms with Crippen LogP contribution in [0.5, 0.6) is 5.75 Å². The molecular weight excluding hydrogens is 198 g/mol. The van der Waals surface area contributed by atoms with Crippen molar-refractivity contribution in [3.05, 3.63) is 66.6 Å². The maximum atomic E-state index is 9.60. The van der Waals surface area contributed by atoms with E-state index in [1.807, 2.05) is 42.5 Å². The fourth-order valence-electron chi connectivity index (χ4n) is 1.54. The SMILES string of the molecule is [CH2]c1ccccc1NCc1ccccc1O. The van der Waals surface area contributed by atoms with Crippen LogP contribution in [-0.4, -0.2) is 5.11 Å². The van der Waals surface area contributed by atoms with E-state index < -0.39 is 0 Å². The van der Waals surface area contributed by atoms with E-state index in [4.69, 9.17) is 0 Å². The summed E-state index contributed by atoms with van der Waals surface area (Å²) in [6, 6.07) is 15.1. The van der Waals surface area contributed by atoms with Gasteiger partial charge in [0.05, 0.1) is 0 Å². The molecule has 0 saturated heterocycles. The number of rotatable bonds is 3. The first-order valence-corrected chi connectivity index (χ1v) is 5.19. The Morgan fingerprint density at radius 2 is 1.69 bits per heavy atom. The molecule has 0 heterocycles. The van der Waals surface area contributed by atoms with Crippen molar-refractivity contribution >= 4 is 5.69 Å². The summed E-state index contributed by atoms with van der Waals surface area (Å²) >= 11 is 0. The molecule has 0 atom stereocenters. The molecule has 2 aromatic rings. The quantitative estimate of drug-likeness (QED) is 0.819. The zero-order valence-electron chi connectivity index (χ0n) is 8.98. The van der Waals surface area contributed by atoms with Gasteiger partial charge in [0.1, 0.15) is 5.75 Å². The van der Waals surface area contributed by atoms with Gasteiger partial charge in [0.2, 0.25) is 0 Å². The first-order chi connectivity index (χ1) is 7.77. The summed E-state index contributed by atoms with van der Waals surface area (Å²) < 4.78 is 0. The number of anilines is 1. The van der Waals surface area contributed by atoms with Crippen molar-refractivity contribution in [2.24, 2.45) is 0 Å². The predicted molar refractivity (Wildman–Crippen MR) is 66.3 cm³/mol. The zero-order valence-corrected chi connectivity index (χ0v) is 8.98. The van der Waals surface area contributed by atoms with Gasteiger partial charge in [0.15, 0.2) is 0 Å². The van der Waals surface area contributed by atoms with Crippen molar-refractivity contribution in [1.82, 2.24) is 0 Å². The number of para-hydroxylation sites is 2. The third-order valence-electron chi connectivity index (χ3n) is 2.48. The number of phenolic OH excluding ortho intramolecular Hbond substituents is 1. The van der Waals surface area contributed by atoms with Crippen LogP contribution in [0.25, 0.3) is 0 Å². The summed E-state index contributed by atoms with van der Waals surface area (Å²) in [5.74, 6) is 0.316. The van der Waals surface area contributed by atoms with Crippen LogP contribution in [0, 0.1) is 6.92 Å². The van der Waals surface area contributed by atoms with Gasteiger partial charge in [-0.25, -0.2) is 0 Å². The molecule has 0 amide bonds. The second-order valence-electron chi connectivity index (χ2n) is 3.64. The Labute approximate surface area is 95.6 Å². The molecule has 0 fully saturated rings. The molecule has 0 aliphatic rings. The van der Waals surface area contributed by atoms with Crippen LogP contribution in [0.2, 0.25) is 0 Å². The zero-order chi connectivity index (χ0) is 11.4. The smallest absolute Gasteiger partial charge is 0.120 e. The van der Waals surface area contributed by atoms with E-state index in [1.54, 1.807) is 6.07 Å². The fourth-order valence-corrected chi connectivity index (χ4v) is 1.54. The van der Waals surface area contributed by atoms with Gasteiger partial charge in [-0.2, -0.15) is 0 Å². The van der Waals surface area contributed by atoms with E-state index in [0.717, 1.165) is 16.8 Å². The highest BCUT2D eigenvalue weighted by Gasteiger charge is 2.00. The Balaban J connectivity index is 2.09. The summed E-state index contributed by atoms with van der Waals surface area (Å²) in [4.78, 5) is 0. The molecule has 0 aliphatic carbocycles. The highest BCUT2D eigenvalue weighted by Crippen LogP contribution is 2.19. The number of benzene rings is 2. The van der Waals surface area contributed by atoms with E-state index in [9.17, 15) is 5.11 Å². The summed E-state index contributed by atoms with van der Waals surface area (Å²) in [5, 5.41) is 12.8. The number of nitrogens with one attached hydrogen (secondary N) is 1. The van der Waals surface area contributed by atoms with Crippen LogP contribution in [0.15, 0.2) is 48.5 Å². The topological polar surface area (TPSA) is 32.3 Å². The lowest BCUT2D eigenvalue weighted by atomic mass is 10.1. The van der Waals surface area contributed by atoms with E-state index in [2.05, 4.69) is 12.2 Å². The van der Waals surface area contributed by atoms with Gasteiger partial charge in [-0.15, -0.1) is 0 Å². The molecule has 2 rings (SSSR count). The standard InChI is InChI=1S/C14H14NO/c1-11-6-2-4-8-13(11)15-10-12-7-3-5-9-14(12)16/h2-9,15-16H,1,10H2. The number of hydrogen-bond acceptors (Lipinski definition) is 2. The van der Waals surface area contributed by atoms with Gasteiger partial charge in [-0.3, -0.25) is 0 Å². The van der Waals surface area contributed by atoms with Gasteiger partial charge in [0.25, 0.3) is 0 Å². The second kappa shape index (κ2) is 4.71. The Bertz CT molecular complexity index is 434. The van der Waals surface area contributed by atoms with Crippen molar-refractivity contribution in [3.63, 3.8) is 0 Å². The van der Waals surface area contributed by atoms with Crippen LogP contribution < -0.4 is 5.32 Å². The van der Waals surface area contributed by atoms with E-state index in [1.165, 1.54) is 0 Å². The van der Waals surface area contributed by atoms with Crippen LogP contribution in [0.4, 0.5) is 5.69 Å². The van der Waals surface area contributed by atoms with Crippen molar-refractivity contribution in [1.29, 1.82) is 0 Å². The minimum atomic E-state index is 0.316. The van der Waals surface area contributed by atoms with Gasteiger partial charge in [-0.05, 0) is 24.6 Å². The number of hydrogen-bond donors (Lipinski definition) is 2. The van der Waals surface area contributed by atoms with Crippen LogP contribution >= 0.6 is 0 Å². The van der Waals surface area contributed by atoms with Gasteiger partial charge >= 0.3 is 0 Å². The van der Waals surface area contributed by atoms with E-state index >= 15 is 0 Å². The maximum absolute atomic E-state index is 9.60. The van der Waals surface area contributed by atoms with Crippen LogP contribution in [-0.2, 0) is 6.54 Å².